The Kier molecular flexibility index (Phi) is 48.4. The number of urea groups is 2. The second-order valence-corrected chi connectivity index (χ2v) is 35.9. The van der Waals surface area contributed by atoms with Crippen molar-refractivity contribution in [3.63, 3.8) is 0 Å². The molecule has 0 unspecified atom stereocenters. The van der Waals surface area contributed by atoms with Crippen molar-refractivity contribution in [2.75, 3.05) is 162 Å². The molecule has 21 heteroatoms. The van der Waals surface area contributed by atoms with E-state index in [1.807, 2.05) is 9.80 Å². The van der Waals surface area contributed by atoms with Gasteiger partial charge in [0.05, 0.1) is 13.2 Å². The van der Waals surface area contributed by atoms with Crippen LogP contribution in [0.2, 0.25) is 51.4 Å². The lowest BCUT2D eigenvalue weighted by Crippen LogP contribution is -2.52. The van der Waals surface area contributed by atoms with E-state index in [0.717, 1.165) is 155 Å². The van der Waals surface area contributed by atoms with Crippen LogP contribution in [0.5, 0.6) is 0 Å². The minimum absolute atomic E-state index is 0.0449. The van der Waals surface area contributed by atoms with Gasteiger partial charge in [-0.1, -0.05) is 58.3 Å². The molecule has 0 aromatic carbocycles. The van der Waals surface area contributed by atoms with Crippen LogP contribution in [0.15, 0.2) is 0 Å². The molecule has 77 heavy (non-hydrogen) atoms. The minimum Gasteiger partial charge on any atom is -0.463 e. The second kappa shape index (κ2) is 48.5. The van der Waals surface area contributed by atoms with Gasteiger partial charge in [-0.3, -0.25) is 9.59 Å². The van der Waals surface area contributed by atoms with Crippen LogP contribution in [0.3, 0.4) is 0 Å². The third-order valence-corrected chi connectivity index (χ3v) is 24.1. The average molecular weight is 1150 g/mol. The van der Waals surface area contributed by atoms with Crippen LogP contribution in [-0.4, -0.2) is 241 Å². The van der Waals surface area contributed by atoms with Crippen LogP contribution in [0.25, 0.3) is 0 Å². The fourth-order valence-electron chi connectivity index (χ4n) is 8.76. The monoisotopic (exact) mass is 1150 g/mol. The molecule has 4 amide bonds. The zero-order chi connectivity index (χ0) is 58.4. The first-order valence-corrected chi connectivity index (χ1v) is 38.8. The summed E-state index contributed by atoms with van der Waals surface area (Å²) in [5.74, 6) is -0.299. The van der Waals surface area contributed by atoms with Gasteiger partial charge in [-0.05, 0) is 192 Å². The van der Waals surface area contributed by atoms with Gasteiger partial charge in [0, 0.05) is 65.8 Å². The number of hydrogen-bond acceptors (Lipinski definition) is 14. The molecule has 0 aliphatic heterocycles. The van der Waals surface area contributed by atoms with Gasteiger partial charge in [0.25, 0.3) is 0 Å². The molecule has 0 heterocycles. The highest BCUT2D eigenvalue weighted by molar-refractivity contribution is 6.87. The Morgan fingerprint density at radius 1 is 0.403 bits per heavy atom. The van der Waals surface area contributed by atoms with Crippen molar-refractivity contribution < 1.29 is 46.4 Å². The maximum absolute atomic E-state index is 12.7. The van der Waals surface area contributed by atoms with Gasteiger partial charge >= 0.3 is 32.6 Å². The summed E-state index contributed by atoms with van der Waals surface area (Å²) in [7, 11) is 12.4. The molecule has 0 saturated carbocycles. The van der Waals surface area contributed by atoms with E-state index < -0.39 is 25.2 Å². The summed E-state index contributed by atoms with van der Waals surface area (Å²) in [6, 6.07) is 2.32. The molecule has 0 bridgehead atoms. The molecule has 0 aliphatic rings. The van der Waals surface area contributed by atoms with Crippen molar-refractivity contribution in [2.45, 2.75) is 180 Å². The number of carbonyl (C=O) groups is 4. The summed E-state index contributed by atoms with van der Waals surface area (Å²) in [4.78, 5) is 61.4. The number of carbonyl (C=O) groups excluding carboxylic acids is 4. The predicted molar refractivity (Wildman–Crippen MR) is 326 cm³/mol. The van der Waals surface area contributed by atoms with Crippen LogP contribution in [0, 0.1) is 0 Å². The van der Waals surface area contributed by atoms with Crippen molar-refractivity contribution in [3.05, 3.63) is 0 Å². The molecule has 0 atom stereocenters. The van der Waals surface area contributed by atoms with Gasteiger partial charge in [0.1, 0.15) is 13.2 Å². The van der Waals surface area contributed by atoms with Crippen molar-refractivity contribution in [1.29, 1.82) is 0 Å². The quantitative estimate of drug-likeness (QED) is 0.0336. The standard InChI is InChI=1S/C34H76N4O6Si3.C22H46N4O4/c1-12-13-31-45(6,7)43-47(10,11)44-46(8,9)32-21-28-41-29-30-42-33(39)22-17-15-14-16-18-23-35-34(40)38(26-19-24-36(2)3)27-20-25-37(4)5;1-24(2)15-11-17-26(18-12-16-25(3)4)22(28)23-14-10-8-6-7-9-13-21(27)30-20-19-29-5/h12-32H2,1-11H3,(H,35,40);6-20H2,1-5H3,(H,23,28). The number of nitrogens with zero attached hydrogens (tertiary/aromatic N) is 6. The smallest absolute Gasteiger partial charge is 0.317 e. The zero-order valence-corrected chi connectivity index (χ0v) is 55.7. The second-order valence-electron chi connectivity index (χ2n) is 23.5. The van der Waals surface area contributed by atoms with Crippen molar-refractivity contribution in [1.82, 2.24) is 40.0 Å². The molecular formula is C56H122N8O10Si3. The van der Waals surface area contributed by atoms with E-state index in [-0.39, 0.29) is 24.0 Å². The van der Waals surface area contributed by atoms with Crippen LogP contribution in [0.1, 0.15) is 129 Å². The van der Waals surface area contributed by atoms with E-state index >= 15 is 0 Å². The molecule has 0 fully saturated rings. The molecule has 0 rings (SSSR count). The molecule has 0 aromatic rings. The van der Waals surface area contributed by atoms with Crippen molar-refractivity contribution in [3.8, 4) is 0 Å². The van der Waals surface area contributed by atoms with Crippen LogP contribution in [0.4, 0.5) is 9.59 Å². The van der Waals surface area contributed by atoms with E-state index in [1.165, 1.54) is 18.9 Å². The molecule has 458 valence electrons. The van der Waals surface area contributed by atoms with E-state index in [1.54, 1.807) is 7.11 Å². The Balaban J connectivity index is 0. The first kappa shape index (κ1) is 76.9. The summed E-state index contributed by atoms with van der Waals surface area (Å²) in [6.45, 7) is 26.5. The summed E-state index contributed by atoms with van der Waals surface area (Å²) in [6.07, 6.45) is 18.0. The lowest BCUT2D eigenvalue weighted by molar-refractivity contribution is -0.146. The number of amides is 4. The first-order valence-electron chi connectivity index (χ1n) is 29.8. The summed E-state index contributed by atoms with van der Waals surface area (Å²) < 4.78 is 34.3. The third-order valence-electron chi connectivity index (χ3n) is 12.7. The van der Waals surface area contributed by atoms with Gasteiger partial charge < -0.3 is 67.2 Å². The molecule has 0 aliphatic carbocycles. The Bertz CT molecular complexity index is 1430. The summed E-state index contributed by atoms with van der Waals surface area (Å²) in [5, 5.41) is 6.18. The zero-order valence-electron chi connectivity index (χ0n) is 52.7. The lowest BCUT2D eigenvalue weighted by Gasteiger charge is -2.38. The van der Waals surface area contributed by atoms with Crippen molar-refractivity contribution in [2.24, 2.45) is 0 Å². The molecule has 0 aromatic heterocycles. The Labute approximate surface area is 475 Å². The van der Waals surface area contributed by atoms with Crippen LogP contribution in [-0.2, 0) is 36.8 Å². The molecule has 2 N–H and O–H groups in total. The van der Waals surface area contributed by atoms with Gasteiger partial charge in [0.2, 0.25) is 0 Å². The van der Waals surface area contributed by atoms with E-state index in [2.05, 4.69) is 133 Å². The van der Waals surface area contributed by atoms with Gasteiger partial charge in [-0.2, -0.15) is 0 Å². The largest absolute Gasteiger partial charge is 0.463 e. The highest BCUT2D eigenvalue weighted by Crippen LogP contribution is 2.26. The predicted octanol–water partition coefficient (Wildman–Crippen LogP) is 9.57. The molecule has 0 saturated heterocycles. The van der Waals surface area contributed by atoms with Gasteiger partial charge in [-0.15, -0.1) is 0 Å². The Hall–Kier alpha value is -2.19. The molecule has 0 spiro atoms. The third kappa shape index (κ3) is 52.9. The summed E-state index contributed by atoms with van der Waals surface area (Å²) in [5.41, 5.74) is 0. The first-order chi connectivity index (χ1) is 36.3. The van der Waals surface area contributed by atoms with Crippen LogP contribution >= 0.6 is 0 Å². The Morgan fingerprint density at radius 2 is 0.753 bits per heavy atom. The maximum atomic E-state index is 12.7. The van der Waals surface area contributed by atoms with E-state index in [4.69, 9.17) is 27.2 Å². The number of unbranched alkanes of at least 4 members (excludes halogenated alkanes) is 9. The number of ether oxygens (including phenoxy) is 4. The lowest BCUT2D eigenvalue weighted by atomic mass is 10.1. The van der Waals surface area contributed by atoms with Gasteiger partial charge in [0.15, 0.2) is 16.6 Å². The molecule has 0 radical (unpaired) electrons. The number of methoxy groups -OCH3 is 1. The number of nitrogens with one attached hydrogen (secondary N) is 2. The average Bonchev–Trinajstić information content (AvgIpc) is 3.32. The fraction of sp³-hybridized carbons (Fsp3) is 0.929. The minimum atomic E-state index is -2.16. The Morgan fingerprint density at radius 3 is 1.12 bits per heavy atom. The molecular weight excluding hydrogens is 1030 g/mol. The topological polar surface area (TPSA) is 167 Å². The molecule has 18 nitrogen and oxygen atoms in total. The normalized spacial score (nSPS) is 12.1. The van der Waals surface area contributed by atoms with Gasteiger partial charge in [-0.25, -0.2) is 9.59 Å². The highest BCUT2D eigenvalue weighted by Gasteiger charge is 2.39. The highest BCUT2D eigenvalue weighted by atomic mass is 28.5. The fourth-order valence-corrected chi connectivity index (χ4v) is 23.0. The van der Waals surface area contributed by atoms with Crippen molar-refractivity contribution >= 4 is 49.2 Å². The maximum Gasteiger partial charge on any atom is 0.317 e. The SMILES string of the molecule is CCCC[Si](C)(C)O[Si](C)(C)O[Si](C)(C)CCCOCCOC(=O)CCCCCCCNC(=O)N(CCCN(C)C)CCCN(C)C.COCCOC(=O)CCCCCCCNC(=O)N(CCCN(C)C)CCCN(C)C. The summed E-state index contributed by atoms with van der Waals surface area (Å²) >= 11 is 0. The van der Waals surface area contributed by atoms with Crippen LogP contribution < -0.4 is 10.6 Å². The number of rotatable bonds is 49. The van der Waals surface area contributed by atoms with E-state index in [0.29, 0.717) is 59.0 Å². The van der Waals surface area contributed by atoms with E-state index in [9.17, 15) is 19.2 Å². The number of esters is 2. The number of hydrogen-bond donors (Lipinski definition) is 2.